The number of nitrogens with zero attached hydrogens (tertiary/aromatic N) is 2. The van der Waals surface area contributed by atoms with Crippen molar-refractivity contribution in [1.29, 1.82) is 0 Å². The van der Waals surface area contributed by atoms with E-state index in [1.54, 1.807) is 44.3 Å². The monoisotopic (exact) mass is 569 g/mol. The lowest BCUT2D eigenvalue weighted by molar-refractivity contribution is -0.110. The van der Waals surface area contributed by atoms with Gasteiger partial charge in [0.2, 0.25) is 0 Å². The van der Waals surface area contributed by atoms with Gasteiger partial charge >= 0.3 is 5.97 Å². The number of anilines is 2. The predicted octanol–water partition coefficient (Wildman–Crippen LogP) is 3.92. The fraction of sp³-hybridized carbons (Fsp3) is 0.281. The number of amides is 2. The molecular formula is C32H35N5O5. The molecule has 3 aromatic rings. The molecule has 2 aliphatic heterocycles. The van der Waals surface area contributed by atoms with Gasteiger partial charge in [-0.15, -0.1) is 0 Å². The van der Waals surface area contributed by atoms with Crippen molar-refractivity contribution in [2.24, 2.45) is 0 Å². The van der Waals surface area contributed by atoms with E-state index in [0.29, 0.717) is 52.0 Å². The molecular weight excluding hydrogens is 534 g/mol. The highest BCUT2D eigenvalue weighted by Crippen LogP contribution is 2.39. The molecule has 0 spiro atoms. The Kier molecular flexibility index (Phi) is 8.67. The number of hydrogen-bond acceptors (Lipinski definition) is 7. The number of aromatic carboxylic acids is 1. The third kappa shape index (κ3) is 6.36. The van der Waals surface area contributed by atoms with Gasteiger partial charge in [0, 0.05) is 56.1 Å². The zero-order valence-electron chi connectivity index (χ0n) is 23.9. The number of carboxylic acid groups (broad SMARTS) is 1. The molecule has 1 unspecified atom stereocenters. The average molecular weight is 570 g/mol. The molecule has 1 atom stereocenters. The molecule has 5 rings (SSSR count). The zero-order valence-corrected chi connectivity index (χ0v) is 23.9. The minimum absolute atomic E-state index is 0.136. The first-order valence-corrected chi connectivity index (χ1v) is 13.9. The van der Waals surface area contributed by atoms with Crippen molar-refractivity contribution in [1.82, 2.24) is 15.3 Å². The Morgan fingerprint density at radius 1 is 1.10 bits per heavy atom. The van der Waals surface area contributed by atoms with Gasteiger partial charge in [0.15, 0.2) is 0 Å². The number of benzene rings is 3. The highest BCUT2D eigenvalue weighted by molar-refractivity contribution is 6.37. The number of hydroxylamine groups is 2. The summed E-state index contributed by atoms with van der Waals surface area (Å²) in [5.74, 6) is -1.65. The average Bonchev–Trinajstić information content (AvgIpc) is 3.29. The van der Waals surface area contributed by atoms with E-state index >= 15 is 0 Å². The summed E-state index contributed by atoms with van der Waals surface area (Å²) >= 11 is 0. The van der Waals surface area contributed by atoms with E-state index < -0.39 is 5.97 Å². The van der Waals surface area contributed by atoms with Crippen molar-refractivity contribution in [3.8, 4) is 0 Å². The van der Waals surface area contributed by atoms with Crippen molar-refractivity contribution >= 4 is 40.4 Å². The van der Waals surface area contributed by atoms with Crippen molar-refractivity contribution < 1.29 is 24.3 Å². The van der Waals surface area contributed by atoms with Crippen LogP contribution in [0.3, 0.4) is 0 Å². The Bertz CT molecular complexity index is 1520. The molecule has 2 heterocycles. The van der Waals surface area contributed by atoms with E-state index in [2.05, 4.69) is 27.8 Å². The van der Waals surface area contributed by atoms with Crippen LogP contribution in [0, 0.1) is 6.92 Å². The first-order valence-electron chi connectivity index (χ1n) is 13.9. The summed E-state index contributed by atoms with van der Waals surface area (Å²) in [6.07, 6.45) is 0. The number of nitrogens with one attached hydrogen (secondary N) is 3. The second-order valence-electron chi connectivity index (χ2n) is 10.6. The summed E-state index contributed by atoms with van der Waals surface area (Å²) < 4.78 is 0. The topological polar surface area (TPSA) is 123 Å². The number of carboxylic acids is 1. The Balaban J connectivity index is 1.34. The molecule has 2 amide bonds. The molecule has 0 bridgehead atoms. The van der Waals surface area contributed by atoms with Gasteiger partial charge in [-0.1, -0.05) is 30.3 Å². The maximum Gasteiger partial charge on any atom is 0.336 e. The van der Waals surface area contributed by atoms with E-state index in [1.165, 1.54) is 11.1 Å². The molecule has 0 radical (unpaired) electrons. The summed E-state index contributed by atoms with van der Waals surface area (Å²) in [4.78, 5) is 45.9. The van der Waals surface area contributed by atoms with Crippen molar-refractivity contribution in [3.63, 3.8) is 0 Å². The molecule has 0 saturated carbocycles. The summed E-state index contributed by atoms with van der Waals surface area (Å²) in [7, 11) is 1.61. The van der Waals surface area contributed by atoms with Crippen LogP contribution in [0.1, 0.15) is 44.3 Å². The van der Waals surface area contributed by atoms with Crippen molar-refractivity contribution in [2.75, 3.05) is 50.5 Å². The van der Waals surface area contributed by atoms with Gasteiger partial charge in [-0.25, -0.2) is 9.86 Å². The summed E-state index contributed by atoms with van der Waals surface area (Å²) in [6.45, 7) is 7.88. The standard InChI is InChI=1S/C32H35N5O5/c1-20-17-26-27(18-25(20)32(40)41)35-30(38)28(26)29(22-7-5-4-6-8-22)34-24-11-9-23(10-12-24)31(39)36(3)42-16-15-37-14-13-33-21(2)19-37/h4-12,17-18,21,33-34H,13-16,19H2,1-3H3,(H,35,38)(H,40,41). The smallest absolute Gasteiger partial charge is 0.336 e. The van der Waals surface area contributed by atoms with Crippen LogP contribution in [0.25, 0.3) is 11.3 Å². The Hall–Kier alpha value is -4.51. The molecule has 10 nitrogen and oxygen atoms in total. The lowest BCUT2D eigenvalue weighted by Gasteiger charge is -2.31. The van der Waals surface area contributed by atoms with E-state index in [4.69, 9.17) is 4.84 Å². The van der Waals surface area contributed by atoms with Crippen LogP contribution in [-0.2, 0) is 9.63 Å². The summed E-state index contributed by atoms with van der Waals surface area (Å²) in [5, 5.41) is 20.4. The number of carbonyl (C=O) groups is 3. The fourth-order valence-electron chi connectivity index (χ4n) is 5.29. The number of piperazine rings is 1. The highest BCUT2D eigenvalue weighted by Gasteiger charge is 2.30. The third-order valence-corrected chi connectivity index (χ3v) is 7.48. The maximum atomic E-state index is 13.2. The SMILES string of the molecule is Cc1cc2c(cc1C(=O)O)NC(=O)C2=C(Nc1ccc(C(=O)N(C)OCCN2CCNC(C)C2)cc1)c1ccccc1. The van der Waals surface area contributed by atoms with E-state index in [-0.39, 0.29) is 17.4 Å². The van der Waals surface area contributed by atoms with Crippen LogP contribution in [-0.4, -0.2) is 78.7 Å². The number of carbonyl (C=O) groups excluding carboxylic acids is 2. The van der Waals surface area contributed by atoms with Gasteiger partial charge in [-0.2, -0.15) is 0 Å². The van der Waals surface area contributed by atoms with Crippen LogP contribution in [0.4, 0.5) is 11.4 Å². The Labute approximate surface area is 244 Å². The van der Waals surface area contributed by atoms with Gasteiger partial charge in [0.1, 0.15) is 0 Å². The normalized spacial score (nSPS) is 17.8. The van der Waals surface area contributed by atoms with Gasteiger partial charge in [0.25, 0.3) is 11.8 Å². The van der Waals surface area contributed by atoms with Crippen LogP contribution >= 0.6 is 0 Å². The second kappa shape index (κ2) is 12.6. The maximum absolute atomic E-state index is 13.2. The van der Waals surface area contributed by atoms with Gasteiger partial charge in [0.05, 0.1) is 29.1 Å². The van der Waals surface area contributed by atoms with Gasteiger partial charge in [-0.3, -0.25) is 19.3 Å². The molecule has 4 N–H and O–H groups in total. The predicted molar refractivity (Wildman–Crippen MR) is 162 cm³/mol. The first kappa shape index (κ1) is 29.0. The molecule has 10 heteroatoms. The number of rotatable bonds is 9. The Morgan fingerprint density at radius 2 is 1.83 bits per heavy atom. The lowest BCUT2D eigenvalue weighted by Crippen LogP contribution is -2.50. The van der Waals surface area contributed by atoms with Gasteiger partial charge < -0.3 is 21.1 Å². The first-order chi connectivity index (χ1) is 20.2. The van der Waals surface area contributed by atoms with Gasteiger partial charge in [-0.05, 0) is 61.4 Å². The summed E-state index contributed by atoms with van der Waals surface area (Å²) in [5.41, 5.74) is 4.65. The second-order valence-corrected chi connectivity index (χ2v) is 10.6. The molecule has 3 aromatic carbocycles. The molecule has 1 saturated heterocycles. The van der Waals surface area contributed by atoms with Crippen LogP contribution in [0.15, 0.2) is 66.7 Å². The summed E-state index contributed by atoms with van der Waals surface area (Å²) in [6, 6.07) is 20.1. The van der Waals surface area contributed by atoms with Crippen LogP contribution < -0.4 is 16.0 Å². The van der Waals surface area contributed by atoms with Crippen LogP contribution in [0.2, 0.25) is 0 Å². The fourth-order valence-corrected chi connectivity index (χ4v) is 5.29. The molecule has 42 heavy (non-hydrogen) atoms. The van der Waals surface area contributed by atoms with E-state index in [1.807, 2.05) is 30.3 Å². The van der Waals surface area contributed by atoms with Crippen LogP contribution in [0.5, 0.6) is 0 Å². The number of fused-ring (bicyclic) bond motifs is 1. The number of aryl methyl sites for hydroxylation is 1. The zero-order chi connectivity index (χ0) is 29.8. The largest absolute Gasteiger partial charge is 0.478 e. The Morgan fingerprint density at radius 3 is 2.52 bits per heavy atom. The third-order valence-electron chi connectivity index (χ3n) is 7.48. The van der Waals surface area contributed by atoms with Crippen molar-refractivity contribution in [2.45, 2.75) is 19.9 Å². The molecule has 0 aromatic heterocycles. The number of hydrogen-bond donors (Lipinski definition) is 4. The quantitative estimate of drug-likeness (QED) is 0.226. The molecule has 2 aliphatic rings. The highest BCUT2D eigenvalue weighted by atomic mass is 16.7. The lowest BCUT2D eigenvalue weighted by atomic mass is 9.96. The molecule has 0 aliphatic carbocycles. The minimum Gasteiger partial charge on any atom is -0.478 e. The minimum atomic E-state index is -1.05. The molecule has 1 fully saturated rings. The van der Waals surface area contributed by atoms with Crippen molar-refractivity contribution in [3.05, 3.63) is 94.5 Å². The molecule has 218 valence electrons. The van der Waals surface area contributed by atoms with E-state index in [0.717, 1.165) is 31.7 Å². The van der Waals surface area contributed by atoms with E-state index in [9.17, 15) is 19.5 Å².